The van der Waals surface area contributed by atoms with Gasteiger partial charge in [0, 0.05) is 17.6 Å². The maximum Gasteiger partial charge on any atom is 0.203 e. The van der Waals surface area contributed by atoms with Crippen molar-refractivity contribution in [3.63, 3.8) is 0 Å². The van der Waals surface area contributed by atoms with Crippen molar-refractivity contribution in [2.24, 2.45) is 0 Å². The Morgan fingerprint density at radius 2 is 2.22 bits per heavy atom. The van der Waals surface area contributed by atoms with E-state index in [2.05, 4.69) is 33.0 Å². The molecule has 0 amide bonds. The Bertz CT molecular complexity index is 501. The highest BCUT2D eigenvalue weighted by atomic mass is 32.1. The Morgan fingerprint density at radius 1 is 1.39 bits per heavy atom. The molecule has 0 spiro atoms. The van der Waals surface area contributed by atoms with Crippen molar-refractivity contribution in [3.05, 3.63) is 28.0 Å². The normalized spacial score (nSPS) is 10.8. The van der Waals surface area contributed by atoms with Crippen LogP contribution >= 0.6 is 11.3 Å². The number of aryl methyl sites for hydroxylation is 3. The van der Waals surface area contributed by atoms with Gasteiger partial charge in [0.1, 0.15) is 0 Å². The molecule has 0 bridgehead atoms. The molecule has 0 unspecified atom stereocenters. The summed E-state index contributed by atoms with van der Waals surface area (Å²) in [5.74, 6) is 0.966. The van der Waals surface area contributed by atoms with E-state index in [1.165, 1.54) is 17.7 Å². The van der Waals surface area contributed by atoms with Gasteiger partial charge < -0.3 is 9.88 Å². The van der Waals surface area contributed by atoms with Crippen LogP contribution in [0.5, 0.6) is 0 Å². The predicted molar refractivity (Wildman–Crippen MR) is 76.0 cm³/mol. The van der Waals surface area contributed by atoms with Crippen LogP contribution in [0.4, 0.5) is 5.95 Å². The van der Waals surface area contributed by atoms with Crippen molar-refractivity contribution in [1.29, 1.82) is 0 Å². The molecule has 2 rings (SSSR count). The molecule has 0 saturated heterocycles. The Morgan fingerprint density at radius 3 is 2.89 bits per heavy atom. The second-order valence-corrected chi connectivity index (χ2v) is 5.41. The van der Waals surface area contributed by atoms with Crippen LogP contribution < -0.4 is 5.32 Å². The summed E-state index contributed by atoms with van der Waals surface area (Å²) in [6, 6.07) is 0. The van der Waals surface area contributed by atoms with Crippen LogP contribution in [0.3, 0.4) is 0 Å². The van der Waals surface area contributed by atoms with Gasteiger partial charge in [-0.25, -0.2) is 9.97 Å². The number of anilines is 1. The smallest absolute Gasteiger partial charge is 0.203 e. The molecule has 0 radical (unpaired) electrons. The van der Waals surface area contributed by atoms with Crippen molar-refractivity contribution in [2.75, 3.05) is 5.32 Å². The first-order valence-corrected chi connectivity index (χ1v) is 7.25. The van der Waals surface area contributed by atoms with Gasteiger partial charge in [-0.1, -0.05) is 13.3 Å². The lowest BCUT2D eigenvalue weighted by Gasteiger charge is -2.08. The van der Waals surface area contributed by atoms with Crippen LogP contribution in [0.25, 0.3) is 0 Å². The fourth-order valence-electron chi connectivity index (χ4n) is 1.84. The SMILES string of the molecule is CCCCn1cc(C)nc1NCc1scnc1C. The Hall–Kier alpha value is -1.36. The van der Waals surface area contributed by atoms with E-state index in [0.717, 1.165) is 30.4 Å². The molecule has 18 heavy (non-hydrogen) atoms. The highest BCUT2D eigenvalue weighted by Gasteiger charge is 2.06. The van der Waals surface area contributed by atoms with Crippen LogP contribution in [0.2, 0.25) is 0 Å². The Kier molecular flexibility index (Phi) is 4.36. The van der Waals surface area contributed by atoms with E-state index in [4.69, 9.17) is 0 Å². The first-order chi connectivity index (χ1) is 8.70. The van der Waals surface area contributed by atoms with Crippen molar-refractivity contribution in [2.45, 2.75) is 46.7 Å². The number of imidazole rings is 1. The van der Waals surface area contributed by atoms with Crippen LogP contribution in [0, 0.1) is 13.8 Å². The van der Waals surface area contributed by atoms with E-state index in [1.54, 1.807) is 11.3 Å². The summed E-state index contributed by atoms with van der Waals surface area (Å²) in [4.78, 5) is 10.1. The molecule has 98 valence electrons. The third-order valence-electron chi connectivity index (χ3n) is 2.90. The highest BCUT2D eigenvalue weighted by Crippen LogP contribution is 2.16. The maximum absolute atomic E-state index is 4.53. The number of thiazole rings is 1. The molecule has 0 atom stereocenters. The summed E-state index contributed by atoms with van der Waals surface area (Å²) in [6.45, 7) is 8.12. The summed E-state index contributed by atoms with van der Waals surface area (Å²) < 4.78 is 2.20. The minimum atomic E-state index is 0.805. The molecular weight excluding hydrogens is 244 g/mol. The molecule has 1 N–H and O–H groups in total. The summed E-state index contributed by atoms with van der Waals surface area (Å²) >= 11 is 1.69. The van der Waals surface area contributed by atoms with E-state index < -0.39 is 0 Å². The summed E-state index contributed by atoms with van der Waals surface area (Å²) in [7, 11) is 0. The van der Waals surface area contributed by atoms with Crippen LogP contribution in [-0.4, -0.2) is 14.5 Å². The van der Waals surface area contributed by atoms with Crippen molar-refractivity contribution < 1.29 is 0 Å². The zero-order valence-electron chi connectivity index (χ0n) is 11.2. The molecular formula is C13H20N4S. The topological polar surface area (TPSA) is 42.7 Å². The number of hydrogen-bond acceptors (Lipinski definition) is 4. The number of unbranched alkanes of at least 4 members (excludes halogenated alkanes) is 1. The van der Waals surface area contributed by atoms with E-state index in [-0.39, 0.29) is 0 Å². The van der Waals surface area contributed by atoms with E-state index >= 15 is 0 Å². The van der Waals surface area contributed by atoms with Crippen molar-refractivity contribution in [1.82, 2.24) is 14.5 Å². The molecule has 0 aliphatic rings. The van der Waals surface area contributed by atoms with Gasteiger partial charge in [0.15, 0.2) is 0 Å². The molecule has 5 heteroatoms. The first-order valence-electron chi connectivity index (χ1n) is 6.37. The van der Waals surface area contributed by atoms with Gasteiger partial charge in [-0.15, -0.1) is 11.3 Å². The lowest BCUT2D eigenvalue weighted by atomic mass is 10.3. The largest absolute Gasteiger partial charge is 0.351 e. The molecule has 0 saturated carbocycles. The number of hydrogen-bond donors (Lipinski definition) is 1. The summed E-state index contributed by atoms with van der Waals surface area (Å²) in [6.07, 6.45) is 4.49. The fraction of sp³-hybridized carbons (Fsp3) is 0.538. The van der Waals surface area contributed by atoms with Gasteiger partial charge in [-0.3, -0.25) is 0 Å². The molecule has 0 aromatic carbocycles. The zero-order valence-corrected chi connectivity index (χ0v) is 12.0. The molecule has 2 heterocycles. The monoisotopic (exact) mass is 264 g/mol. The van der Waals surface area contributed by atoms with Gasteiger partial charge in [0.2, 0.25) is 5.95 Å². The number of aromatic nitrogens is 3. The summed E-state index contributed by atoms with van der Waals surface area (Å²) in [5.41, 5.74) is 4.06. The molecule has 0 aliphatic carbocycles. The average molecular weight is 264 g/mol. The van der Waals surface area contributed by atoms with Gasteiger partial charge in [-0.05, 0) is 20.3 Å². The lowest BCUT2D eigenvalue weighted by molar-refractivity contribution is 0.635. The third kappa shape index (κ3) is 3.10. The van der Waals surface area contributed by atoms with Gasteiger partial charge in [0.05, 0.1) is 23.4 Å². The average Bonchev–Trinajstić information content (AvgIpc) is 2.90. The quantitative estimate of drug-likeness (QED) is 0.870. The highest BCUT2D eigenvalue weighted by molar-refractivity contribution is 7.09. The number of nitrogens with one attached hydrogen (secondary N) is 1. The Balaban J connectivity index is 2.02. The fourth-order valence-corrected chi connectivity index (χ4v) is 2.56. The van der Waals surface area contributed by atoms with Crippen LogP contribution in [0.1, 0.15) is 36.0 Å². The van der Waals surface area contributed by atoms with Gasteiger partial charge >= 0.3 is 0 Å². The predicted octanol–water partition coefficient (Wildman–Crippen LogP) is 3.37. The molecule has 0 fully saturated rings. The van der Waals surface area contributed by atoms with Gasteiger partial charge in [-0.2, -0.15) is 0 Å². The van der Waals surface area contributed by atoms with E-state index in [0.29, 0.717) is 0 Å². The number of rotatable bonds is 6. The second kappa shape index (κ2) is 6.00. The lowest BCUT2D eigenvalue weighted by Crippen LogP contribution is -2.07. The first kappa shape index (κ1) is 13.1. The molecule has 2 aromatic rings. The minimum Gasteiger partial charge on any atom is -0.351 e. The third-order valence-corrected chi connectivity index (χ3v) is 3.84. The van der Waals surface area contributed by atoms with E-state index in [1.807, 2.05) is 19.4 Å². The number of nitrogens with zero attached hydrogens (tertiary/aromatic N) is 3. The molecule has 2 aromatic heterocycles. The second-order valence-electron chi connectivity index (χ2n) is 4.47. The standard InChI is InChI=1S/C13H20N4S/c1-4-5-6-17-8-10(2)16-13(17)14-7-12-11(3)15-9-18-12/h8-9H,4-7H2,1-3H3,(H,14,16). The van der Waals surface area contributed by atoms with Gasteiger partial charge in [0.25, 0.3) is 0 Å². The molecule has 4 nitrogen and oxygen atoms in total. The minimum absolute atomic E-state index is 0.805. The maximum atomic E-state index is 4.53. The Labute approximate surface area is 112 Å². The zero-order chi connectivity index (χ0) is 13.0. The van der Waals surface area contributed by atoms with Crippen LogP contribution in [-0.2, 0) is 13.1 Å². The van der Waals surface area contributed by atoms with Crippen molar-refractivity contribution >= 4 is 17.3 Å². The summed E-state index contributed by atoms with van der Waals surface area (Å²) in [5, 5.41) is 3.41. The van der Waals surface area contributed by atoms with Crippen LogP contribution in [0.15, 0.2) is 11.7 Å². The van der Waals surface area contributed by atoms with E-state index in [9.17, 15) is 0 Å². The molecule has 0 aliphatic heterocycles. The van der Waals surface area contributed by atoms with Crippen molar-refractivity contribution in [3.8, 4) is 0 Å².